The maximum absolute atomic E-state index is 13.0. The fourth-order valence-corrected chi connectivity index (χ4v) is 3.05. The molecule has 1 aromatic heterocycles. The summed E-state index contributed by atoms with van der Waals surface area (Å²) in [6, 6.07) is 1.79. The van der Waals surface area contributed by atoms with Gasteiger partial charge < -0.3 is 14.2 Å². The van der Waals surface area contributed by atoms with Gasteiger partial charge in [0.2, 0.25) is 0 Å². The lowest BCUT2D eigenvalue weighted by molar-refractivity contribution is -0.141. The van der Waals surface area contributed by atoms with Gasteiger partial charge in [0.25, 0.3) is 0 Å². The summed E-state index contributed by atoms with van der Waals surface area (Å²) in [6.45, 7) is 0.0765. The number of hydrogen-bond donors (Lipinski definition) is 0. The maximum Gasteiger partial charge on any atom is 0.433 e. The SMILES string of the molecule is COCCOCc1nc(C(F)(F)F)ccc1C(=O)C1C(=O)CCCC1OC. The number of methoxy groups -OCH3 is 2. The predicted molar refractivity (Wildman–Crippen MR) is 88.2 cm³/mol. The first-order chi connectivity index (χ1) is 12.8. The fraction of sp³-hybridized carbons (Fsp3) is 0.611. The van der Waals surface area contributed by atoms with Gasteiger partial charge >= 0.3 is 6.18 Å². The Balaban J connectivity index is 2.34. The van der Waals surface area contributed by atoms with Crippen molar-refractivity contribution in [2.75, 3.05) is 27.4 Å². The zero-order valence-corrected chi connectivity index (χ0v) is 15.2. The number of Topliss-reactive ketones (excluding diaryl/α,β-unsaturated/α-hetero) is 2. The highest BCUT2D eigenvalue weighted by atomic mass is 19.4. The molecule has 1 saturated carbocycles. The summed E-state index contributed by atoms with van der Waals surface area (Å²) in [4.78, 5) is 28.8. The van der Waals surface area contributed by atoms with Crippen molar-refractivity contribution in [2.24, 2.45) is 5.92 Å². The van der Waals surface area contributed by atoms with Crippen LogP contribution in [0, 0.1) is 5.92 Å². The Morgan fingerprint density at radius 1 is 1.26 bits per heavy atom. The first-order valence-corrected chi connectivity index (χ1v) is 8.53. The predicted octanol–water partition coefficient (Wildman–Crippen LogP) is 2.83. The normalized spacial score (nSPS) is 20.7. The summed E-state index contributed by atoms with van der Waals surface area (Å²) in [5.74, 6) is -1.90. The summed E-state index contributed by atoms with van der Waals surface area (Å²) >= 11 is 0. The number of hydrogen-bond acceptors (Lipinski definition) is 6. The van der Waals surface area contributed by atoms with E-state index in [0.29, 0.717) is 12.8 Å². The molecule has 0 aliphatic heterocycles. The molecular formula is C18H22F3NO5. The molecule has 0 N–H and O–H groups in total. The average molecular weight is 389 g/mol. The topological polar surface area (TPSA) is 74.7 Å². The standard InChI is InChI=1S/C18H22F3NO5/c1-25-8-9-27-10-12-11(6-7-15(22-12)18(19,20)21)17(24)16-13(23)4-3-5-14(16)26-2/h6-7,14,16H,3-5,8-10H2,1-2H3. The Morgan fingerprint density at radius 3 is 2.63 bits per heavy atom. The second-order valence-corrected chi connectivity index (χ2v) is 6.21. The molecule has 1 aliphatic carbocycles. The summed E-state index contributed by atoms with van der Waals surface area (Å²) in [5.41, 5.74) is -1.33. The van der Waals surface area contributed by atoms with Crippen molar-refractivity contribution in [3.05, 3.63) is 29.1 Å². The number of ether oxygens (including phenoxy) is 3. The average Bonchev–Trinajstić information content (AvgIpc) is 2.63. The smallest absolute Gasteiger partial charge is 0.382 e. The highest BCUT2D eigenvalue weighted by Crippen LogP contribution is 2.31. The molecule has 0 saturated heterocycles. The number of rotatable bonds is 8. The van der Waals surface area contributed by atoms with Crippen molar-refractivity contribution in [1.82, 2.24) is 4.98 Å². The molecule has 0 amide bonds. The third kappa shape index (κ3) is 5.33. The van der Waals surface area contributed by atoms with E-state index in [4.69, 9.17) is 14.2 Å². The van der Waals surface area contributed by atoms with Gasteiger partial charge in [-0.25, -0.2) is 4.98 Å². The van der Waals surface area contributed by atoms with Crippen molar-refractivity contribution < 1.29 is 37.0 Å². The van der Waals surface area contributed by atoms with Crippen LogP contribution in [0.15, 0.2) is 12.1 Å². The minimum absolute atomic E-state index is 0.0530. The van der Waals surface area contributed by atoms with Crippen LogP contribution in [0.3, 0.4) is 0 Å². The van der Waals surface area contributed by atoms with E-state index in [2.05, 4.69) is 4.98 Å². The summed E-state index contributed by atoms with van der Waals surface area (Å²) in [6.07, 6.45) is -3.86. The second-order valence-electron chi connectivity index (χ2n) is 6.21. The molecule has 1 heterocycles. The van der Waals surface area contributed by atoms with E-state index in [1.54, 1.807) is 0 Å². The summed E-state index contributed by atoms with van der Waals surface area (Å²) < 4.78 is 54.3. The molecule has 150 valence electrons. The van der Waals surface area contributed by atoms with E-state index in [1.165, 1.54) is 14.2 Å². The highest BCUT2D eigenvalue weighted by molar-refractivity contribution is 6.12. The van der Waals surface area contributed by atoms with Gasteiger partial charge in [-0.2, -0.15) is 13.2 Å². The number of pyridine rings is 1. The van der Waals surface area contributed by atoms with Crippen molar-refractivity contribution in [1.29, 1.82) is 0 Å². The lowest BCUT2D eigenvalue weighted by atomic mass is 9.80. The van der Waals surface area contributed by atoms with Crippen LogP contribution in [0.25, 0.3) is 0 Å². The van der Waals surface area contributed by atoms with Gasteiger partial charge in [-0.15, -0.1) is 0 Å². The highest BCUT2D eigenvalue weighted by Gasteiger charge is 2.40. The number of nitrogens with zero attached hydrogens (tertiary/aromatic N) is 1. The summed E-state index contributed by atoms with van der Waals surface area (Å²) in [7, 11) is 2.86. The maximum atomic E-state index is 13.0. The number of halogens is 3. The molecule has 0 spiro atoms. The van der Waals surface area contributed by atoms with Crippen LogP contribution in [-0.2, 0) is 31.8 Å². The molecule has 9 heteroatoms. The van der Waals surface area contributed by atoms with Gasteiger partial charge in [0.15, 0.2) is 5.78 Å². The van der Waals surface area contributed by atoms with E-state index in [1.807, 2.05) is 0 Å². The van der Waals surface area contributed by atoms with Crippen molar-refractivity contribution in [3.8, 4) is 0 Å². The van der Waals surface area contributed by atoms with Crippen LogP contribution in [0.2, 0.25) is 0 Å². The zero-order valence-electron chi connectivity index (χ0n) is 15.2. The van der Waals surface area contributed by atoms with Gasteiger partial charge in [-0.1, -0.05) is 0 Å². The van der Waals surface area contributed by atoms with E-state index in [0.717, 1.165) is 12.1 Å². The number of carbonyl (C=O) groups is 2. The van der Waals surface area contributed by atoms with Crippen LogP contribution in [0.4, 0.5) is 13.2 Å². The van der Waals surface area contributed by atoms with Crippen LogP contribution in [0.1, 0.15) is 41.0 Å². The third-order valence-corrected chi connectivity index (χ3v) is 4.42. The first kappa shape index (κ1) is 21.5. The minimum atomic E-state index is -4.65. The van der Waals surface area contributed by atoms with Gasteiger partial charge in [0, 0.05) is 26.2 Å². The van der Waals surface area contributed by atoms with Gasteiger partial charge in [0.05, 0.1) is 31.6 Å². The largest absolute Gasteiger partial charge is 0.433 e. The molecule has 0 aromatic carbocycles. The fourth-order valence-electron chi connectivity index (χ4n) is 3.05. The molecule has 2 unspecified atom stereocenters. The Labute approximate surface area is 155 Å². The lowest BCUT2D eigenvalue weighted by Crippen LogP contribution is -2.40. The van der Waals surface area contributed by atoms with Gasteiger partial charge in [-0.3, -0.25) is 9.59 Å². The molecule has 0 bridgehead atoms. The van der Waals surface area contributed by atoms with Crippen molar-refractivity contribution >= 4 is 11.6 Å². The van der Waals surface area contributed by atoms with Gasteiger partial charge in [0.1, 0.15) is 17.4 Å². The first-order valence-electron chi connectivity index (χ1n) is 8.53. The number of aromatic nitrogens is 1. The van der Waals surface area contributed by atoms with Crippen molar-refractivity contribution in [2.45, 2.75) is 38.1 Å². The van der Waals surface area contributed by atoms with Crippen LogP contribution >= 0.6 is 0 Å². The van der Waals surface area contributed by atoms with Crippen molar-refractivity contribution in [3.63, 3.8) is 0 Å². The minimum Gasteiger partial charge on any atom is -0.382 e. The molecule has 27 heavy (non-hydrogen) atoms. The molecular weight excluding hydrogens is 367 g/mol. The Bertz CT molecular complexity index is 677. The molecule has 1 aromatic rings. The van der Waals surface area contributed by atoms with Crippen LogP contribution < -0.4 is 0 Å². The quantitative estimate of drug-likeness (QED) is 0.387. The van der Waals surface area contributed by atoms with E-state index >= 15 is 0 Å². The lowest BCUT2D eigenvalue weighted by Gasteiger charge is -2.28. The van der Waals surface area contributed by atoms with E-state index in [-0.39, 0.29) is 43.3 Å². The number of carbonyl (C=O) groups excluding carboxylic acids is 2. The Hall–Kier alpha value is -1.84. The zero-order chi connectivity index (χ0) is 20.0. The number of ketones is 2. The number of alkyl halides is 3. The molecule has 1 aliphatic rings. The molecule has 2 rings (SSSR count). The van der Waals surface area contributed by atoms with E-state index < -0.39 is 29.7 Å². The van der Waals surface area contributed by atoms with E-state index in [9.17, 15) is 22.8 Å². The third-order valence-electron chi connectivity index (χ3n) is 4.42. The monoisotopic (exact) mass is 389 g/mol. The Kier molecular flexibility index (Phi) is 7.46. The van der Waals surface area contributed by atoms with Gasteiger partial charge in [-0.05, 0) is 25.0 Å². The molecule has 0 radical (unpaired) electrons. The Morgan fingerprint density at radius 2 is 2.00 bits per heavy atom. The molecule has 1 fully saturated rings. The van der Waals surface area contributed by atoms with Crippen LogP contribution in [-0.4, -0.2) is 50.1 Å². The molecule has 2 atom stereocenters. The van der Waals surface area contributed by atoms with Crippen LogP contribution in [0.5, 0.6) is 0 Å². The second kappa shape index (κ2) is 9.38. The summed E-state index contributed by atoms with van der Waals surface area (Å²) in [5, 5.41) is 0. The molecule has 6 nitrogen and oxygen atoms in total.